The Labute approximate surface area is 193 Å². The van der Waals surface area contributed by atoms with Crippen molar-refractivity contribution in [3.8, 4) is 5.75 Å². The van der Waals surface area contributed by atoms with Gasteiger partial charge in [-0.2, -0.15) is 0 Å². The minimum Gasteiger partial charge on any atom is -0.503 e. The average molecular weight is 446 g/mol. The monoisotopic (exact) mass is 445 g/mol. The molecule has 1 amide bonds. The lowest BCUT2D eigenvalue weighted by molar-refractivity contribution is -0.130. The summed E-state index contributed by atoms with van der Waals surface area (Å²) >= 11 is 0. The Morgan fingerprint density at radius 1 is 1.06 bits per heavy atom. The van der Waals surface area contributed by atoms with Gasteiger partial charge in [0.1, 0.15) is 11.5 Å². The third-order valence-corrected chi connectivity index (χ3v) is 5.67. The van der Waals surface area contributed by atoms with Gasteiger partial charge >= 0.3 is 0 Å². The van der Waals surface area contributed by atoms with Crippen LogP contribution in [0.2, 0.25) is 0 Å². The summed E-state index contributed by atoms with van der Waals surface area (Å²) in [6, 6.07) is 19.3. The summed E-state index contributed by atoms with van der Waals surface area (Å²) in [4.78, 5) is 27.9. The van der Waals surface area contributed by atoms with Crippen LogP contribution in [-0.2, 0) is 11.3 Å². The van der Waals surface area contributed by atoms with Crippen molar-refractivity contribution in [3.63, 3.8) is 0 Å². The number of hydrogen-bond donors (Lipinski definition) is 1. The van der Waals surface area contributed by atoms with Crippen molar-refractivity contribution in [3.05, 3.63) is 101 Å². The van der Waals surface area contributed by atoms with Gasteiger partial charge in [-0.05, 0) is 48.7 Å². The van der Waals surface area contributed by atoms with E-state index in [1.807, 2.05) is 54.6 Å². The third-order valence-electron chi connectivity index (χ3n) is 5.67. The molecule has 1 aliphatic heterocycles. The maximum atomic E-state index is 13.3. The Balaban J connectivity index is 1.71. The van der Waals surface area contributed by atoms with E-state index in [1.165, 1.54) is 4.90 Å². The molecular weight excluding hydrogens is 418 g/mol. The van der Waals surface area contributed by atoms with Crippen LogP contribution < -0.4 is 4.74 Å². The summed E-state index contributed by atoms with van der Waals surface area (Å²) in [5, 5.41) is 10.8. The number of carbonyl (C=O) groups is 2. The van der Waals surface area contributed by atoms with Gasteiger partial charge in [0.15, 0.2) is 11.5 Å². The molecule has 1 N–H and O–H groups in total. The van der Waals surface area contributed by atoms with E-state index in [0.29, 0.717) is 23.7 Å². The Morgan fingerprint density at radius 3 is 2.42 bits per heavy atom. The number of ketones is 1. The van der Waals surface area contributed by atoms with Crippen LogP contribution in [0.5, 0.6) is 5.75 Å². The van der Waals surface area contributed by atoms with Crippen LogP contribution in [0, 0.1) is 6.92 Å². The number of amides is 1. The lowest BCUT2D eigenvalue weighted by Gasteiger charge is -2.27. The van der Waals surface area contributed by atoms with Crippen LogP contribution in [0.1, 0.15) is 53.2 Å². The molecule has 6 nitrogen and oxygen atoms in total. The van der Waals surface area contributed by atoms with E-state index in [9.17, 15) is 14.7 Å². The first-order chi connectivity index (χ1) is 16.0. The second kappa shape index (κ2) is 9.77. The van der Waals surface area contributed by atoms with E-state index in [4.69, 9.17) is 9.15 Å². The first kappa shape index (κ1) is 22.4. The standard InChI is InChI=1S/C27H27NO5/c1-3-4-16-32-21-13-11-20(12-14-21)24-23(25(29)22-15-10-18(2)33-22)26(30)27(31)28(24)17-19-8-6-5-7-9-19/h5-15,24,30H,3-4,16-17H2,1-2H3. The molecular formula is C27H27NO5. The van der Waals surface area contributed by atoms with Crippen LogP contribution in [0.15, 0.2) is 82.5 Å². The van der Waals surface area contributed by atoms with Gasteiger partial charge in [-0.1, -0.05) is 55.8 Å². The SMILES string of the molecule is CCCCOc1ccc(C2C(C(=O)c3ccc(C)o3)=C(O)C(=O)N2Cc2ccccc2)cc1. The molecule has 0 fully saturated rings. The summed E-state index contributed by atoms with van der Waals surface area (Å²) < 4.78 is 11.3. The number of aryl methyl sites for hydroxylation is 1. The van der Waals surface area contributed by atoms with E-state index >= 15 is 0 Å². The zero-order valence-electron chi connectivity index (χ0n) is 18.8. The number of aliphatic hydroxyl groups is 1. The van der Waals surface area contributed by atoms with Gasteiger partial charge in [-0.25, -0.2) is 0 Å². The Morgan fingerprint density at radius 2 is 1.79 bits per heavy atom. The molecule has 0 bridgehead atoms. The molecule has 0 spiro atoms. The topological polar surface area (TPSA) is 80.0 Å². The largest absolute Gasteiger partial charge is 0.503 e. The minimum absolute atomic E-state index is 0.0185. The summed E-state index contributed by atoms with van der Waals surface area (Å²) in [5.74, 6) is -0.245. The number of unbranched alkanes of at least 4 members (excludes halogenated alkanes) is 1. The Kier molecular flexibility index (Phi) is 6.63. The van der Waals surface area contributed by atoms with Crippen LogP contribution in [0.3, 0.4) is 0 Å². The number of benzene rings is 2. The highest BCUT2D eigenvalue weighted by Gasteiger charge is 2.44. The molecule has 3 aromatic rings. The second-order valence-corrected chi connectivity index (χ2v) is 8.09. The first-order valence-corrected chi connectivity index (χ1v) is 11.1. The molecule has 170 valence electrons. The molecule has 2 heterocycles. The highest BCUT2D eigenvalue weighted by molar-refractivity contribution is 6.15. The molecule has 1 aromatic heterocycles. The van der Waals surface area contributed by atoms with E-state index in [-0.39, 0.29) is 17.9 Å². The molecule has 0 saturated carbocycles. The van der Waals surface area contributed by atoms with E-state index in [0.717, 1.165) is 18.4 Å². The Bertz CT molecular complexity index is 1160. The molecule has 1 unspecified atom stereocenters. The second-order valence-electron chi connectivity index (χ2n) is 8.09. The zero-order chi connectivity index (χ0) is 23.4. The molecule has 1 aliphatic rings. The van der Waals surface area contributed by atoms with Crippen molar-refractivity contribution in [1.82, 2.24) is 4.90 Å². The van der Waals surface area contributed by atoms with Crippen LogP contribution >= 0.6 is 0 Å². The minimum atomic E-state index is -0.750. The predicted molar refractivity (Wildman–Crippen MR) is 124 cm³/mol. The predicted octanol–water partition coefficient (Wildman–Crippen LogP) is 5.55. The van der Waals surface area contributed by atoms with E-state index in [1.54, 1.807) is 19.1 Å². The lowest BCUT2D eigenvalue weighted by atomic mass is 9.95. The molecule has 1 atom stereocenters. The summed E-state index contributed by atoms with van der Waals surface area (Å²) in [6.07, 6.45) is 2.00. The maximum Gasteiger partial charge on any atom is 0.290 e. The van der Waals surface area contributed by atoms with Crippen molar-refractivity contribution in [2.45, 2.75) is 39.3 Å². The van der Waals surface area contributed by atoms with E-state index in [2.05, 4.69) is 6.92 Å². The number of furan rings is 1. The summed E-state index contributed by atoms with van der Waals surface area (Å²) in [5.41, 5.74) is 1.62. The maximum absolute atomic E-state index is 13.3. The fourth-order valence-corrected chi connectivity index (χ4v) is 3.95. The third kappa shape index (κ3) is 4.70. The highest BCUT2D eigenvalue weighted by atomic mass is 16.5. The number of rotatable bonds is 9. The van der Waals surface area contributed by atoms with Gasteiger partial charge in [0.2, 0.25) is 5.78 Å². The summed E-state index contributed by atoms with van der Waals surface area (Å²) in [7, 11) is 0. The molecule has 0 aliphatic carbocycles. The molecule has 6 heteroatoms. The van der Waals surface area contributed by atoms with Crippen LogP contribution in [0.4, 0.5) is 0 Å². The summed E-state index contributed by atoms with van der Waals surface area (Å²) in [6.45, 7) is 4.71. The van der Waals surface area contributed by atoms with Crippen molar-refractivity contribution in [2.24, 2.45) is 0 Å². The van der Waals surface area contributed by atoms with Gasteiger partial charge in [0.05, 0.1) is 18.2 Å². The number of aliphatic hydroxyl groups excluding tert-OH is 1. The molecule has 0 radical (unpaired) electrons. The number of carbonyl (C=O) groups excluding carboxylic acids is 2. The number of Topliss-reactive ketones (excluding diaryl/α,β-unsaturated/α-hetero) is 1. The fraction of sp³-hybridized carbons (Fsp3) is 0.259. The molecule has 4 rings (SSSR count). The average Bonchev–Trinajstić information content (AvgIpc) is 3.37. The van der Waals surface area contributed by atoms with Gasteiger partial charge < -0.3 is 19.2 Å². The zero-order valence-corrected chi connectivity index (χ0v) is 18.8. The first-order valence-electron chi connectivity index (χ1n) is 11.1. The number of nitrogens with zero attached hydrogens (tertiary/aromatic N) is 1. The molecule has 0 saturated heterocycles. The number of hydrogen-bond acceptors (Lipinski definition) is 5. The van der Waals surface area contributed by atoms with Crippen molar-refractivity contribution >= 4 is 11.7 Å². The van der Waals surface area contributed by atoms with Crippen molar-refractivity contribution in [1.29, 1.82) is 0 Å². The van der Waals surface area contributed by atoms with Gasteiger partial charge in [-0.15, -0.1) is 0 Å². The lowest BCUT2D eigenvalue weighted by Crippen LogP contribution is -2.30. The molecule has 2 aromatic carbocycles. The smallest absolute Gasteiger partial charge is 0.290 e. The quantitative estimate of drug-likeness (QED) is 0.345. The molecule has 33 heavy (non-hydrogen) atoms. The van der Waals surface area contributed by atoms with Crippen LogP contribution in [-0.4, -0.2) is 28.3 Å². The number of ether oxygens (including phenoxy) is 1. The normalized spacial score (nSPS) is 15.9. The highest BCUT2D eigenvalue weighted by Crippen LogP contribution is 2.40. The van der Waals surface area contributed by atoms with Crippen molar-refractivity contribution in [2.75, 3.05) is 6.61 Å². The fourth-order valence-electron chi connectivity index (χ4n) is 3.95. The van der Waals surface area contributed by atoms with Gasteiger partial charge in [0.25, 0.3) is 5.91 Å². The van der Waals surface area contributed by atoms with Crippen LogP contribution in [0.25, 0.3) is 0 Å². The van der Waals surface area contributed by atoms with Crippen molar-refractivity contribution < 1.29 is 23.8 Å². The van der Waals surface area contributed by atoms with E-state index < -0.39 is 23.5 Å². The Hall–Kier alpha value is -3.80. The van der Waals surface area contributed by atoms with Gasteiger partial charge in [-0.3, -0.25) is 9.59 Å². The van der Waals surface area contributed by atoms with Gasteiger partial charge in [0, 0.05) is 6.54 Å².